The number of rotatable bonds is 5. The van der Waals surface area contributed by atoms with Crippen molar-refractivity contribution in [1.82, 2.24) is 15.1 Å². The molecule has 0 atom stereocenters. The summed E-state index contributed by atoms with van der Waals surface area (Å²) in [5.74, 6) is 0.626. The standard InChI is InChI=1S/C13H27N5.HI/c1-17(2)12-5-8-18(9-6-12)10-7-15-13(14)16-11-3-4-11;/h11-12H,3-10H2,1-2H3,(H3,14,15,16);1H. The number of nitrogens with one attached hydrogen (secondary N) is 1. The molecule has 5 nitrogen and oxygen atoms in total. The Bertz CT molecular complexity index is 283. The van der Waals surface area contributed by atoms with E-state index in [-0.39, 0.29) is 24.0 Å². The van der Waals surface area contributed by atoms with E-state index in [0.717, 1.165) is 19.1 Å². The molecule has 6 heteroatoms. The summed E-state index contributed by atoms with van der Waals surface area (Å²) < 4.78 is 0. The van der Waals surface area contributed by atoms with E-state index in [1.54, 1.807) is 0 Å². The van der Waals surface area contributed by atoms with Gasteiger partial charge in [0.2, 0.25) is 0 Å². The maximum atomic E-state index is 5.81. The van der Waals surface area contributed by atoms with Gasteiger partial charge in [-0.3, -0.25) is 4.99 Å². The minimum absolute atomic E-state index is 0. The van der Waals surface area contributed by atoms with Crippen LogP contribution >= 0.6 is 24.0 Å². The summed E-state index contributed by atoms with van der Waals surface area (Å²) in [6.07, 6.45) is 5.03. The van der Waals surface area contributed by atoms with Gasteiger partial charge in [0.15, 0.2) is 5.96 Å². The highest BCUT2D eigenvalue weighted by atomic mass is 127. The lowest BCUT2D eigenvalue weighted by atomic mass is 10.0. The lowest BCUT2D eigenvalue weighted by molar-refractivity contribution is 0.148. The third-order valence-corrected chi connectivity index (χ3v) is 3.92. The molecule has 112 valence electrons. The molecule has 1 saturated carbocycles. The summed E-state index contributed by atoms with van der Waals surface area (Å²) in [5.41, 5.74) is 5.81. The van der Waals surface area contributed by atoms with Crippen molar-refractivity contribution in [2.75, 3.05) is 40.3 Å². The molecule has 1 aliphatic carbocycles. The first-order valence-electron chi connectivity index (χ1n) is 7.10. The van der Waals surface area contributed by atoms with E-state index in [1.807, 2.05) is 0 Å². The van der Waals surface area contributed by atoms with Crippen LogP contribution < -0.4 is 11.1 Å². The first-order valence-corrected chi connectivity index (χ1v) is 7.10. The summed E-state index contributed by atoms with van der Waals surface area (Å²) in [7, 11) is 4.35. The summed E-state index contributed by atoms with van der Waals surface area (Å²) in [6.45, 7) is 4.23. The number of piperidine rings is 1. The van der Waals surface area contributed by atoms with Gasteiger partial charge in [0.05, 0.1) is 6.54 Å². The van der Waals surface area contributed by atoms with Gasteiger partial charge in [-0.05, 0) is 52.9 Å². The van der Waals surface area contributed by atoms with Crippen LogP contribution in [0.5, 0.6) is 0 Å². The quantitative estimate of drug-likeness (QED) is 0.418. The highest BCUT2D eigenvalue weighted by molar-refractivity contribution is 14.0. The normalized spacial score (nSPS) is 22.4. The number of aliphatic imine (C=N–C) groups is 1. The molecule has 0 unspecified atom stereocenters. The number of hydrogen-bond acceptors (Lipinski definition) is 3. The zero-order chi connectivity index (χ0) is 13.0. The van der Waals surface area contributed by atoms with Gasteiger partial charge in [-0.15, -0.1) is 24.0 Å². The van der Waals surface area contributed by atoms with Crippen molar-refractivity contribution < 1.29 is 0 Å². The Labute approximate surface area is 134 Å². The number of nitrogens with two attached hydrogens (primary N) is 1. The molecule has 0 amide bonds. The Hall–Kier alpha value is -0.0800. The van der Waals surface area contributed by atoms with Gasteiger partial charge in [-0.2, -0.15) is 0 Å². The largest absolute Gasteiger partial charge is 0.370 e. The van der Waals surface area contributed by atoms with Crippen molar-refractivity contribution in [3.63, 3.8) is 0 Å². The molecule has 0 radical (unpaired) electrons. The summed E-state index contributed by atoms with van der Waals surface area (Å²) in [5, 5.41) is 3.22. The average Bonchev–Trinajstić information content (AvgIpc) is 3.13. The van der Waals surface area contributed by atoms with E-state index in [1.165, 1.54) is 38.8 Å². The molecule has 2 fully saturated rings. The minimum atomic E-state index is 0. The molecule has 2 aliphatic rings. The van der Waals surface area contributed by atoms with Crippen molar-refractivity contribution >= 4 is 29.9 Å². The highest BCUT2D eigenvalue weighted by Crippen LogP contribution is 2.18. The van der Waals surface area contributed by atoms with Gasteiger partial charge in [-0.1, -0.05) is 0 Å². The first-order chi connectivity index (χ1) is 8.65. The lowest BCUT2D eigenvalue weighted by Crippen LogP contribution is -2.43. The predicted octanol–water partition coefficient (Wildman–Crippen LogP) is 0.697. The zero-order valence-corrected chi connectivity index (χ0v) is 14.5. The van der Waals surface area contributed by atoms with Crippen molar-refractivity contribution in [2.45, 2.75) is 37.8 Å². The molecule has 3 N–H and O–H groups in total. The van der Waals surface area contributed by atoms with Crippen molar-refractivity contribution in [2.24, 2.45) is 10.7 Å². The maximum absolute atomic E-state index is 5.81. The second-order valence-corrected chi connectivity index (χ2v) is 5.72. The Morgan fingerprint density at radius 3 is 2.42 bits per heavy atom. The fraction of sp³-hybridized carbons (Fsp3) is 0.923. The van der Waals surface area contributed by atoms with Gasteiger partial charge in [0, 0.05) is 18.6 Å². The zero-order valence-electron chi connectivity index (χ0n) is 12.1. The van der Waals surface area contributed by atoms with Crippen LogP contribution in [0.3, 0.4) is 0 Å². The van der Waals surface area contributed by atoms with E-state index < -0.39 is 0 Å². The monoisotopic (exact) mass is 381 g/mol. The molecule has 1 heterocycles. The van der Waals surface area contributed by atoms with E-state index in [0.29, 0.717) is 12.0 Å². The summed E-state index contributed by atoms with van der Waals surface area (Å²) >= 11 is 0. The third-order valence-electron chi connectivity index (χ3n) is 3.92. The van der Waals surface area contributed by atoms with Crippen LogP contribution in [-0.2, 0) is 0 Å². The molecule has 1 aliphatic heterocycles. The molecule has 0 aromatic carbocycles. The third kappa shape index (κ3) is 6.27. The lowest BCUT2D eigenvalue weighted by Gasteiger charge is -2.34. The van der Waals surface area contributed by atoms with Crippen LogP contribution in [0.25, 0.3) is 0 Å². The van der Waals surface area contributed by atoms with E-state index in [9.17, 15) is 0 Å². The SMILES string of the molecule is CN(C)C1CCN(CCN=C(N)NC2CC2)CC1.I. The van der Waals surface area contributed by atoms with Gasteiger partial charge >= 0.3 is 0 Å². The topological polar surface area (TPSA) is 56.9 Å². The smallest absolute Gasteiger partial charge is 0.188 e. The van der Waals surface area contributed by atoms with E-state index >= 15 is 0 Å². The van der Waals surface area contributed by atoms with E-state index in [2.05, 4.69) is 34.2 Å². The van der Waals surface area contributed by atoms with Gasteiger partial charge < -0.3 is 20.9 Å². The average molecular weight is 381 g/mol. The summed E-state index contributed by atoms with van der Waals surface area (Å²) in [4.78, 5) is 9.22. The number of nitrogens with zero attached hydrogens (tertiary/aromatic N) is 3. The number of halogens is 1. The Balaban J connectivity index is 0.00000180. The molecule has 0 spiro atoms. The van der Waals surface area contributed by atoms with Crippen LogP contribution in [-0.4, -0.2) is 68.1 Å². The van der Waals surface area contributed by atoms with Crippen molar-refractivity contribution in [3.8, 4) is 0 Å². The Morgan fingerprint density at radius 2 is 1.89 bits per heavy atom. The molecule has 0 aromatic heterocycles. The molecule has 1 saturated heterocycles. The number of hydrogen-bond donors (Lipinski definition) is 2. The van der Waals surface area contributed by atoms with Gasteiger partial charge in [0.1, 0.15) is 0 Å². The van der Waals surface area contributed by atoms with Crippen LogP contribution in [0.2, 0.25) is 0 Å². The number of likely N-dealkylation sites (tertiary alicyclic amines) is 1. The fourth-order valence-corrected chi connectivity index (χ4v) is 2.45. The minimum Gasteiger partial charge on any atom is -0.370 e. The molecule has 0 aromatic rings. The predicted molar refractivity (Wildman–Crippen MR) is 91.2 cm³/mol. The molecule has 19 heavy (non-hydrogen) atoms. The van der Waals surface area contributed by atoms with Crippen LogP contribution in [0, 0.1) is 0 Å². The Morgan fingerprint density at radius 1 is 1.26 bits per heavy atom. The fourth-order valence-electron chi connectivity index (χ4n) is 2.45. The van der Waals surface area contributed by atoms with Crippen molar-refractivity contribution in [1.29, 1.82) is 0 Å². The second kappa shape index (κ2) is 8.26. The Kier molecular flexibility index (Phi) is 7.38. The molecule has 0 bridgehead atoms. The van der Waals surface area contributed by atoms with Crippen LogP contribution in [0.1, 0.15) is 25.7 Å². The van der Waals surface area contributed by atoms with Crippen LogP contribution in [0.4, 0.5) is 0 Å². The summed E-state index contributed by atoms with van der Waals surface area (Å²) in [6, 6.07) is 1.36. The van der Waals surface area contributed by atoms with E-state index in [4.69, 9.17) is 5.73 Å². The molecular formula is C13H28IN5. The first kappa shape index (κ1) is 17.0. The van der Waals surface area contributed by atoms with Crippen LogP contribution in [0.15, 0.2) is 4.99 Å². The highest BCUT2D eigenvalue weighted by Gasteiger charge is 2.22. The van der Waals surface area contributed by atoms with Gasteiger partial charge in [-0.25, -0.2) is 0 Å². The second-order valence-electron chi connectivity index (χ2n) is 5.72. The van der Waals surface area contributed by atoms with Crippen molar-refractivity contribution in [3.05, 3.63) is 0 Å². The van der Waals surface area contributed by atoms with Gasteiger partial charge in [0.25, 0.3) is 0 Å². The number of guanidine groups is 1. The molecular weight excluding hydrogens is 353 g/mol. The molecule has 2 rings (SSSR count). The maximum Gasteiger partial charge on any atom is 0.188 e.